The molecule has 2 heterocycles. The molecule has 1 N–H and O–H groups in total. The molecule has 2 fully saturated rings. The van der Waals surface area contributed by atoms with E-state index in [4.69, 9.17) is 9.97 Å². The minimum Gasteiger partial charge on any atom is -0.428 e. The van der Waals surface area contributed by atoms with Gasteiger partial charge >= 0.3 is 0 Å². The lowest BCUT2D eigenvalue weighted by atomic mass is 9.88. The van der Waals surface area contributed by atoms with Crippen LogP contribution in [0, 0.1) is 11.8 Å². The molecule has 3 unspecified atom stereocenters. The second kappa shape index (κ2) is 3.97. The molecule has 3 atom stereocenters. The summed E-state index contributed by atoms with van der Waals surface area (Å²) in [5.74, 6) is 3.19. The Morgan fingerprint density at radius 2 is 2.00 bits per heavy atom. The van der Waals surface area contributed by atoms with Crippen molar-refractivity contribution in [3.63, 3.8) is 0 Å². The van der Waals surface area contributed by atoms with E-state index in [0.29, 0.717) is 5.92 Å². The summed E-state index contributed by atoms with van der Waals surface area (Å²) in [6.45, 7) is 0. The van der Waals surface area contributed by atoms with Crippen LogP contribution in [0.2, 0.25) is 0 Å². The van der Waals surface area contributed by atoms with Crippen LogP contribution in [0.25, 0.3) is 22.3 Å². The van der Waals surface area contributed by atoms with Gasteiger partial charge in [0.05, 0.1) is 11.7 Å². The number of nitrogens with zero attached hydrogens (tertiary/aromatic N) is 3. The highest BCUT2D eigenvalue weighted by molar-refractivity contribution is 5.92. The van der Waals surface area contributed by atoms with Crippen LogP contribution in [0.5, 0.6) is 0 Å². The Bertz CT molecular complexity index is 809. The number of pyridine rings is 1. The fraction of sp³-hybridized carbons (Fsp3) is 0.412. The zero-order valence-electron chi connectivity index (χ0n) is 11.7. The molecule has 1 aromatic rings. The molecule has 106 valence electrons. The maximum Gasteiger partial charge on any atom is 0.133 e. The molecular weight excluding hydrogens is 262 g/mol. The SMILES string of the molecule is On1cc2nc(C3CC4CCC3C4)nc-2c2ccccc21. The zero-order valence-corrected chi connectivity index (χ0v) is 11.7. The van der Waals surface area contributed by atoms with E-state index < -0.39 is 0 Å². The number of rotatable bonds is 1. The van der Waals surface area contributed by atoms with Crippen LogP contribution in [0.15, 0.2) is 30.5 Å². The maximum atomic E-state index is 10.1. The topological polar surface area (TPSA) is 50.9 Å². The first-order chi connectivity index (χ1) is 10.3. The molecule has 5 rings (SSSR count). The normalized spacial score (nSPS) is 27.9. The van der Waals surface area contributed by atoms with Gasteiger partial charge < -0.3 is 5.21 Å². The minimum atomic E-state index is 0.530. The first kappa shape index (κ1) is 11.5. The Morgan fingerprint density at radius 3 is 2.81 bits per heavy atom. The highest BCUT2D eigenvalue weighted by atomic mass is 16.5. The van der Waals surface area contributed by atoms with Gasteiger partial charge in [-0.2, -0.15) is 4.73 Å². The summed E-state index contributed by atoms with van der Waals surface area (Å²) in [7, 11) is 0. The highest BCUT2D eigenvalue weighted by Crippen LogP contribution is 2.52. The van der Waals surface area contributed by atoms with Crippen molar-refractivity contribution in [1.29, 1.82) is 0 Å². The van der Waals surface area contributed by atoms with E-state index >= 15 is 0 Å². The molecule has 0 spiro atoms. The van der Waals surface area contributed by atoms with Crippen LogP contribution in [0.1, 0.15) is 37.4 Å². The molecule has 2 saturated carbocycles. The first-order valence-electron chi connectivity index (χ1n) is 7.76. The summed E-state index contributed by atoms with van der Waals surface area (Å²) in [6, 6.07) is 7.81. The van der Waals surface area contributed by atoms with Crippen molar-refractivity contribution in [3.8, 4) is 11.4 Å². The van der Waals surface area contributed by atoms with Crippen LogP contribution in [0.3, 0.4) is 0 Å². The smallest absolute Gasteiger partial charge is 0.133 e. The molecular formula is C17H17N3O. The molecule has 21 heavy (non-hydrogen) atoms. The number of para-hydroxylation sites is 1. The summed E-state index contributed by atoms with van der Waals surface area (Å²) in [5.41, 5.74) is 2.51. The van der Waals surface area contributed by atoms with Crippen LogP contribution in [0.4, 0.5) is 0 Å². The van der Waals surface area contributed by atoms with E-state index in [1.807, 2.05) is 24.3 Å². The predicted molar refractivity (Wildman–Crippen MR) is 79.5 cm³/mol. The third-order valence-electron chi connectivity index (χ3n) is 5.42. The lowest BCUT2D eigenvalue weighted by Crippen LogP contribution is -2.09. The van der Waals surface area contributed by atoms with E-state index in [2.05, 4.69) is 0 Å². The zero-order chi connectivity index (χ0) is 14.0. The van der Waals surface area contributed by atoms with E-state index in [-0.39, 0.29) is 0 Å². The number of benzene rings is 1. The molecule has 4 nitrogen and oxygen atoms in total. The maximum absolute atomic E-state index is 10.1. The van der Waals surface area contributed by atoms with Gasteiger partial charge in [0.25, 0.3) is 0 Å². The summed E-state index contributed by atoms with van der Waals surface area (Å²) in [4.78, 5) is 9.58. The van der Waals surface area contributed by atoms with Gasteiger partial charge in [-0.05, 0) is 37.2 Å². The quantitative estimate of drug-likeness (QED) is 0.691. The van der Waals surface area contributed by atoms with Gasteiger partial charge in [0.15, 0.2) is 0 Å². The summed E-state index contributed by atoms with van der Waals surface area (Å²) >= 11 is 0. The largest absolute Gasteiger partial charge is 0.428 e. The molecule has 0 saturated heterocycles. The van der Waals surface area contributed by atoms with E-state index in [0.717, 1.165) is 44.7 Å². The van der Waals surface area contributed by atoms with Crippen molar-refractivity contribution >= 4 is 10.9 Å². The summed E-state index contributed by atoms with van der Waals surface area (Å²) in [6.07, 6.45) is 7.01. The third kappa shape index (κ3) is 1.56. The van der Waals surface area contributed by atoms with E-state index in [1.54, 1.807) is 6.20 Å². The minimum absolute atomic E-state index is 0.530. The lowest BCUT2D eigenvalue weighted by molar-refractivity contribution is 0.198. The van der Waals surface area contributed by atoms with Crippen LogP contribution >= 0.6 is 0 Å². The molecule has 1 aromatic carbocycles. The van der Waals surface area contributed by atoms with Crippen molar-refractivity contribution in [3.05, 3.63) is 36.3 Å². The lowest BCUT2D eigenvalue weighted by Gasteiger charge is -2.18. The molecule has 0 amide bonds. The molecule has 4 heteroatoms. The Balaban J connectivity index is 1.70. The van der Waals surface area contributed by atoms with Crippen molar-refractivity contribution in [2.75, 3.05) is 0 Å². The standard InChI is InChI=1S/C17H17N3O/c21-20-9-14-16(12-3-1-2-4-15(12)20)19-17(18-14)13-8-10-5-6-11(13)7-10/h1-4,9-11,13,21H,5-8H2. The second-order valence-corrected chi connectivity index (χ2v) is 6.59. The Labute approximate surface area is 122 Å². The van der Waals surface area contributed by atoms with Crippen molar-refractivity contribution < 1.29 is 5.21 Å². The third-order valence-corrected chi connectivity index (χ3v) is 5.42. The van der Waals surface area contributed by atoms with Gasteiger partial charge in [-0.25, -0.2) is 9.97 Å². The van der Waals surface area contributed by atoms with Gasteiger partial charge in [0.1, 0.15) is 17.2 Å². The average molecular weight is 279 g/mol. The van der Waals surface area contributed by atoms with Gasteiger partial charge in [-0.15, -0.1) is 0 Å². The van der Waals surface area contributed by atoms with Crippen LogP contribution in [-0.2, 0) is 0 Å². The van der Waals surface area contributed by atoms with Crippen LogP contribution < -0.4 is 0 Å². The Morgan fingerprint density at radius 1 is 1.10 bits per heavy atom. The highest BCUT2D eigenvalue weighted by Gasteiger charge is 2.42. The van der Waals surface area contributed by atoms with Crippen LogP contribution in [-0.4, -0.2) is 19.9 Å². The number of imidazole rings is 1. The molecule has 2 bridgehead atoms. The van der Waals surface area contributed by atoms with Gasteiger partial charge in [-0.1, -0.05) is 24.6 Å². The average Bonchev–Trinajstić information content (AvgIpc) is 3.21. The Hall–Kier alpha value is -2.10. The number of fused-ring (bicyclic) bond motifs is 5. The number of hydrogen-bond acceptors (Lipinski definition) is 3. The molecule has 4 aliphatic rings. The fourth-order valence-corrected chi connectivity index (χ4v) is 4.45. The van der Waals surface area contributed by atoms with E-state index in [9.17, 15) is 5.21 Å². The monoisotopic (exact) mass is 279 g/mol. The Kier molecular flexibility index (Phi) is 2.18. The van der Waals surface area contributed by atoms with E-state index in [1.165, 1.54) is 25.7 Å². The summed E-state index contributed by atoms with van der Waals surface area (Å²) in [5, 5.41) is 11.1. The fourth-order valence-electron chi connectivity index (χ4n) is 4.45. The van der Waals surface area contributed by atoms with Crippen molar-refractivity contribution in [2.24, 2.45) is 11.8 Å². The predicted octanol–water partition coefficient (Wildman–Crippen LogP) is 3.68. The molecule has 2 aliphatic heterocycles. The number of aromatic nitrogens is 3. The number of hydrogen-bond donors (Lipinski definition) is 1. The van der Waals surface area contributed by atoms with Gasteiger partial charge in [0.2, 0.25) is 0 Å². The summed E-state index contributed by atoms with van der Waals surface area (Å²) < 4.78 is 1.16. The van der Waals surface area contributed by atoms with Crippen molar-refractivity contribution in [2.45, 2.75) is 31.6 Å². The molecule has 0 aromatic heterocycles. The first-order valence-corrected chi connectivity index (χ1v) is 7.76. The second-order valence-electron chi connectivity index (χ2n) is 6.59. The molecule has 0 radical (unpaired) electrons. The van der Waals surface area contributed by atoms with Gasteiger partial charge in [0, 0.05) is 11.3 Å². The van der Waals surface area contributed by atoms with Gasteiger partial charge in [-0.3, -0.25) is 0 Å². The molecule has 2 aliphatic carbocycles. The van der Waals surface area contributed by atoms with Crippen molar-refractivity contribution in [1.82, 2.24) is 14.7 Å².